The lowest BCUT2D eigenvalue weighted by atomic mass is 10.1. The summed E-state index contributed by atoms with van der Waals surface area (Å²) in [5, 5.41) is 11.3. The summed E-state index contributed by atoms with van der Waals surface area (Å²) in [4.78, 5) is 15.0. The number of amidine groups is 1. The van der Waals surface area contributed by atoms with E-state index in [2.05, 4.69) is 82.5 Å². The summed E-state index contributed by atoms with van der Waals surface area (Å²) < 4.78 is 2.14. The molecule has 3 aromatic carbocycles. The molecule has 34 heavy (non-hydrogen) atoms. The van der Waals surface area contributed by atoms with Crippen LogP contribution in [0.3, 0.4) is 0 Å². The summed E-state index contributed by atoms with van der Waals surface area (Å²) in [5.74, 6) is 1.20. The third-order valence-corrected chi connectivity index (χ3v) is 7.29. The van der Waals surface area contributed by atoms with Crippen molar-refractivity contribution in [1.29, 1.82) is 0 Å². The van der Waals surface area contributed by atoms with E-state index in [-0.39, 0.29) is 5.24 Å². The molecule has 1 amide bonds. The number of thioether (sulfide) groups is 1. The van der Waals surface area contributed by atoms with Crippen LogP contribution in [0.15, 0.2) is 94.4 Å². The van der Waals surface area contributed by atoms with Crippen LogP contribution < -0.4 is 4.80 Å². The highest BCUT2D eigenvalue weighted by molar-refractivity contribution is 8.14. The molecular weight excluding hydrogens is 460 g/mol. The van der Waals surface area contributed by atoms with Crippen molar-refractivity contribution in [2.75, 3.05) is 5.75 Å². The van der Waals surface area contributed by atoms with Gasteiger partial charge in [0.2, 0.25) is 4.80 Å². The minimum atomic E-state index is 0.0101. The first-order chi connectivity index (χ1) is 16.6. The van der Waals surface area contributed by atoms with Crippen LogP contribution >= 0.6 is 23.1 Å². The fourth-order valence-corrected chi connectivity index (χ4v) is 5.46. The van der Waals surface area contributed by atoms with E-state index >= 15 is 0 Å². The minimum absolute atomic E-state index is 0.0101. The van der Waals surface area contributed by atoms with Crippen LogP contribution in [0.1, 0.15) is 16.7 Å². The first-order valence-corrected chi connectivity index (χ1v) is 12.9. The zero-order valence-electron chi connectivity index (χ0n) is 19.0. The Morgan fingerprint density at radius 2 is 1.68 bits per heavy atom. The lowest BCUT2D eigenvalue weighted by molar-refractivity contribution is 0.244. The Kier molecular flexibility index (Phi) is 6.47. The Bertz CT molecular complexity index is 1420. The highest BCUT2D eigenvalue weighted by atomic mass is 32.2. The van der Waals surface area contributed by atoms with E-state index in [1.54, 1.807) is 16.2 Å². The zero-order chi connectivity index (χ0) is 23.5. The number of benzene rings is 3. The highest BCUT2D eigenvalue weighted by Gasteiger charge is 2.28. The Labute approximate surface area is 207 Å². The van der Waals surface area contributed by atoms with Gasteiger partial charge in [0, 0.05) is 11.1 Å². The van der Waals surface area contributed by atoms with E-state index in [0.29, 0.717) is 18.1 Å². The third kappa shape index (κ3) is 4.76. The lowest BCUT2D eigenvalue weighted by Gasteiger charge is -2.15. The molecule has 0 bridgehead atoms. The second-order valence-electron chi connectivity index (χ2n) is 8.19. The van der Waals surface area contributed by atoms with Crippen molar-refractivity contribution >= 4 is 34.2 Å². The second kappa shape index (κ2) is 9.83. The van der Waals surface area contributed by atoms with Crippen molar-refractivity contribution in [2.45, 2.75) is 20.4 Å². The minimum Gasteiger partial charge on any atom is -0.284 e. The molecule has 0 atom stereocenters. The molecule has 1 aliphatic rings. The average molecular weight is 485 g/mol. The van der Waals surface area contributed by atoms with Crippen molar-refractivity contribution in [1.82, 2.24) is 9.47 Å². The van der Waals surface area contributed by atoms with E-state index in [0.717, 1.165) is 27.3 Å². The fourth-order valence-electron chi connectivity index (χ4n) is 3.82. The first-order valence-electron chi connectivity index (χ1n) is 11.0. The molecule has 2 heterocycles. The third-order valence-electron chi connectivity index (χ3n) is 5.61. The maximum atomic E-state index is 12.5. The number of rotatable bonds is 5. The van der Waals surface area contributed by atoms with Gasteiger partial charge < -0.3 is 0 Å². The van der Waals surface area contributed by atoms with Crippen molar-refractivity contribution in [3.8, 4) is 16.9 Å². The molecule has 170 valence electrons. The van der Waals surface area contributed by atoms with Gasteiger partial charge in [-0.05, 0) is 42.7 Å². The highest BCUT2D eigenvalue weighted by Crippen LogP contribution is 2.25. The largest absolute Gasteiger partial charge is 0.287 e. The average Bonchev–Trinajstić information content (AvgIpc) is 3.42. The van der Waals surface area contributed by atoms with E-state index in [4.69, 9.17) is 0 Å². The molecule has 0 aliphatic carbocycles. The predicted octanol–water partition coefficient (Wildman–Crippen LogP) is 6.41. The van der Waals surface area contributed by atoms with Gasteiger partial charge in [0.25, 0.3) is 5.24 Å². The van der Waals surface area contributed by atoms with Crippen LogP contribution in [-0.4, -0.2) is 26.3 Å². The van der Waals surface area contributed by atoms with Crippen LogP contribution in [0.5, 0.6) is 0 Å². The molecule has 7 heteroatoms. The van der Waals surface area contributed by atoms with E-state index in [1.165, 1.54) is 22.9 Å². The smallest absolute Gasteiger partial charge is 0.284 e. The van der Waals surface area contributed by atoms with Gasteiger partial charge in [-0.15, -0.1) is 21.5 Å². The van der Waals surface area contributed by atoms with Crippen LogP contribution in [0.4, 0.5) is 4.79 Å². The SMILES string of the molecule is Cc1ccc(-c2cs/c(=N\N=C3/CSC(=O)N3Cc3ccccc3)n2-c2cccc(C)c2)cc1. The van der Waals surface area contributed by atoms with Gasteiger partial charge in [-0.3, -0.25) is 14.3 Å². The number of nitrogens with zero attached hydrogens (tertiary/aromatic N) is 4. The number of hydrogen-bond donors (Lipinski definition) is 0. The predicted molar refractivity (Wildman–Crippen MR) is 141 cm³/mol. The van der Waals surface area contributed by atoms with Crippen LogP contribution in [-0.2, 0) is 6.54 Å². The number of thiazole rings is 1. The molecule has 0 N–H and O–H groups in total. The van der Waals surface area contributed by atoms with Gasteiger partial charge >= 0.3 is 0 Å². The maximum absolute atomic E-state index is 12.5. The fraction of sp³-hybridized carbons (Fsp3) is 0.148. The van der Waals surface area contributed by atoms with Crippen molar-refractivity contribution in [3.63, 3.8) is 0 Å². The maximum Gasteiger partial charge on any atom is 0.287 e. The van der Waals surface area contributed by atoms with E-state index in [9.17, 15) is 4.79 Å². The van der Waals surface area contributed by atoms with E-state index in [1.807, 2.05) is 30.3 Å². The number of aryl methyl sites for hydroxylation is 2. The lowest BCUT2D eigenvalue weighted by Crippen LogP contribution is -2.28. The Morgan fingerprint density at radius 1 is 0.882 bits per heavy atom. The molecular formula is C27H24N4OS2. The molecule has 1 fully saturated rings. The number of carbonyl (C=O) groups excluding carboxylic acids is 1. The Hall–Kier alpha value is -3.42. The summed E-state index contributed by atoms with van der Waals surface area (Å²) in [5.41, 5.74) is 6.68. The van der Waals surface area contributed by atoms with E-state index < -0.39 is 0 Å². The number of hydrogen-bond acceptors (Lipinski definition) is 5. The summed E-state index contributed by atoms with van der Waals surface area (Å²) in [6.07, 6.45) is 0. The monoisotopic (exact) mass is 484 g/mol. The molecule has 1 aliphatic heterocycles. The van der Waals surface area contributed by atoms with Crippen LogP contribution in [0.2, 0.25) is 0 Å². The molecule has 5 nitrogen and oxygen atoms in total. The molecule has 0 radical (unpaired) electrons. The normalized spacial score (nSPS) is 15.5. The number of carbonyl (C=O) groups is 1. The van der Waals surface area contributed by atoms with Gasteiger partial charge in [-0.1, -0.05) is 84.1 Å². The standard InChI is InChI=1S/C27H24N4OS2/c1-19-11-13-22(14-12-19)24-17-33-26(31(24)23-10-6-7-20(2)15-23)29-28-25-18-34-27(32)30(25)16-21-8-4-3-5-9-21/h3-15,17H,16,18H2,1-2H3/b28-25+,29-26-. The molecule has 4 aromatic rings. The quantitative estimate of drug-likeness (QED) is 0.308. The van der Waals surface area contributed by atoms with Crippen molar-refractivity contribution < 1.29 is 4.79 Å². The summed E-state index contributed by atoms with van der Waals surface area (Å²) in [7, 11) is 0. The van der Waals surface area contributed by atoms with Gasteiger partial charge in [0.1, 0.15) is 5.84 Å². The van der Waals surface area contributed by atoms with Gasteiger partial charge in [0.05, 0.1) is 18.0 Å². The van der Waals surface area contributed by atoms with Crippen molar-refractivity contribution in [2.24, 2.45) is 10.2 Å². The van der Waals surface area contributed by atoms with Crippen LogP contribution in [0, 0.1) is 13.8 Å². The number of amides is 1. The van der Waals surface area contributed by atoms with Crippen molar-refractivity contribution in [3.05, 3.63) is 106 Å². The Morgan fingerprint density at radius 3 is 2.44 bits per heavy atom. The first kappa shape index (κ1) is 22.4. The molecule has 1 aromatic heterocycles. The summed E-state index contributed by atoms with van der Waals surface area (Å²) in [6.45, 7) is 4.67. The summed E-state index contributed by atoms with van der Waals surface area (Å²) in [6, 6.07) is 26.8. The second-order valence-corrected chi connectivity index (χ2v) is 9.95. The molecule has 1 saturated heterocycles. The van der Waals surface area contributed by atoms with Gasteiger partial charge in [-0.25, -0.2) is 0 Å². The molecule has 5 rings (SSSR count). The zero-order valence-corrected chi connectivity index (χ0v) is 20.6. The van der Waals surface area contributed by atoms with Gasteiger partial charge in [-0.2, -0.15) is 0 Å². The van der Waals surface area contributed by atoms with Gasteiger partial charge in [0.15, 0.2) is 0 Å². The van der Waals surface area contributed by atoms with Crippen LogP contribution in [0.25, 0.3) is 16.9 Å². The Balaban J connectivity index is 1.58. The molecule has 0 saturated carbocycles. The molecule has 0 unspecified atom stereocenters. The number of aromatic nitrogens is 1. The topological polar surface area (TPSA) is 50.0 Å². The molecule has 0 spiro atoms. The summed E-state index contributed by atoms with van der Waals surface area (Å²) >= 11 is 2.81.